The Morgan fingerprint density at radius 1 is 1.12 bits per heavy atom. The quantitative estimate of drug-likeness (QED) is 0.325. The Hall–Kier alpha value is -3.18. The normalized spacial score (nSPS) is 18.2. The molecule has 0 spiro atoms. The first-order valence-electron chi connectivity index (χ1n) is 13.4. The van der Waals surface area contributed by atoms with E-state index in [-0.39, 0.29) is 23.9 Å². The molecule has 4 heterocycles. The zero-order chi connectivity index (χ0) is 28.2. The van der Waals surface area contributed by atoms with Gasteiger partial charge in [0.2, 0.25) is 0 Å². The number of aromatic nitrogens is 1. The summed E-state index contributed by atoms with van der Waals surface area (Å²) in [5, 5.41) is 0. The van der Waals surface area contributed by atoms with Crippen molar-refractivity contribution in [3.63, 3.8) is 0 Å². The van der Waals surface area contributed by atoms with Crippen molar-refractivity contribution in [2.75, 3.05) is 57.8 Å². The van der Waals surface area contributed by atoms with Crippen LogP contribution < -0.4 is 15.2 Å². The second-order valence-corrected chi connectivity index (χ2v) is 11.9. The van der Waals surface area contributed by atoms with Crippen molar-refractivity contribution in [3.8, 4) is 11.4 Å². The van der Waals surface area contributed by atoms with Gasteiger partial charge in [-0.25, -0.2) is 4.79 Å². The number of hydrogen-bond donors (Lipinski definition) is 0. The van der Waals surface area contributed by atoms with Crippen LogP contribution in [0.4, 0.5) is 10.5 Å². The minimum Gasteiger partial charge on any atom is -0.487 e. The number of likely N-dealkylation sites (N-methyl/N-ethyl adjacent to an activating group) is 1. The molecular weight excluding hydrogens is 552 g/mol. The third-order valence-electron chi connectivity index (χ3n) is 7.34. The lowest BCUT2D eigenvalue weighted by atomic mass is 10.1. The highest BCUT2D eigenvalue weighted by molar-refractivity contribution is 7.18. The van der Waals surface area contributed by atoms with E-state index in [4.69, 9.17) is 21.1 Å². The van der Waals surface area contributed by atoms with E-state index >= 15 is 0 Å². The average Bonchev–Trinajstić information content (AvgIpc) is 3.55. The maximum Gasteiger partial charge on any atom is 0.414 e. The zero-order valence-corrected chi connectivity index (χ0v) is 24.2. The van der Waals surface area contributed by atoms with Crippen molar-refractivity contribution < 1.29 is 19.1 Å². The van der Waals surface area contributed by atoms with Crippen LogP contribution in [0.2, 0.25) is 4.34 Å². The van der Waals surface area contributed by atoms with Crippen LogP contribution in [-0.4, -0.2) is 85.3 Å². The molecule has 0 aliphatic carbocycles. The summed E-state index contributed by atoms with van der Waals surface area (Å²) in [6, 6.07) is 12.4. The van der Waals surface area contributed by atoms with E-state index in [2.05, 4.69) is 16.8 Å². The van der Waals surface area contributed by atoms with E-state index in [1.807, 2.05) is 19.1 Å². The molecule has 2 aromatic heterocycles. The van der Waals surface area contributed by atoms with Gasteiger partial charge in [-0.2, -0.15) is 0 Å². The van der Waals surface area contributed by atoms with Crippen LogP contribution in [0.5, 0.6) is 5.75 Å². The number of ketones is 1. The van der Waals surface area contributed by atoms with Gasteiger partial charge < -0.3 is 14.4 Å². The molecule has 2 aliphatic rings. The summed E-state index contributed by atoms with van der Waals surface area (Å²) < 4.78 is 13.6. The first kappa shape index (κ1) is 28.4. The molecule has 2 aliphatic heterocycles. The van der Waals surface area contributed by atoms with Crippen LogP contribution in [0, 0.1) is 6.92 Å². The van der Waals surface area contributed by atoms with Gasteiger partial charge in [0.15, 0.2) is 11.5 Å². The fourth-order valence-corrected chi connectivity index (χ4v) is 5.98. The van der Waals surface area contributed by atoms with E-state index in [1.165, 1.54) is 11.3 Å². The Bertz CT molecular complexity index is 1430. The molecule has 9 nitrogen and oxygen atoms in total. The Morgan fingerprint density at radius 2 is 1.93 bits per heavy atom. The first-order valence-corrected chi connectivity index (χ1v) is 14.6. The van der Waals surface area contributed by atoms with E-state index in [0.717, 1.165) is 38.3 Å². The number of rotatable bonds is 10. The van der Waals surface area contributed by atoms with Crippen LogP contribution in [0.25, 0.3) is 5.69 Å². The molecule has 0 saturated carbocycles. The zero-order valence-electron chi connectivity index (χ0n) is 22.7. The van der Waals surface area contributed by atoms with Crippen molar-refractivity contribution in [2.24, 2.45) is 0 Å². The summed E-state index contributed by atoms with van der Waals surface area (Å²) in [6.07, 6.45) is 1.60. The minimum absolute atomic E-state index is 0.0115. The third-order valence-corrected chi connectivity index (χ3v) is 8.61. The number of ether oxygens (including phenoxy) is 2. The Kier molecular flexibility index (Phi) is 8.90. The number of cyclic esters (lactones) is 1. The fraction of sp³-hybridized carbons (Fsp3) is 0.414. The van der Waals surface area contributed by atoms with Crippen molar-refractivity contribution in [2.45, 2.75) is 25.9 Å². The van der Waals surface area contributed by atoms with Crippen molar-refractivity contribution in [1.29, 1.82) is 0 Å². The second-order valence-electron chi connectivity index (χ2n) is 10.2. The van der Waals surface area contributed by atoms with Crippen LogP contribution >= 0.6 is 22.9 Å². The average molecular weight is 585 g/mol. The minimum atomic E-state index is -0.448. The van der Waals surface area contributed by atoms with E-state index in [9.17, 15) is 14.4 Å². The summed E-state index contributed by atoms with van der Waals surface area (Å²) >= 11 is 7.18. The number of amides is 1. The maximum absolute atomic E-state index is 13.2. The highest BCUT2D eigenvalue weighted by atomic mass is 35.5. The molecule has 1 amide bonds. The smallest absolute Gasteiger partial charge is 0.414 e. The van der Waals surface area contributed by atoms with Crippen molar-refractivity contribution in [1.82, 2.24) is 14.4 Å². The topological polar surface area (TPSA) is 84.3 Å². The van der Waals surface area contributed by atoms with Gasteiger partial charge in [0.1, 0.15) is 12.7 Å². The number of nitrogens with zero attached hydrogens (tertiary/aromatic N) is 4. The molecule has 1 aromatic carbocycles. The molecule has 212 valence electrons. The summed E-state index contributed by atoms with van der Waals surface area (Å²) in [5.74, 6) is 0.299. The number of halogens is 1. The predicted molar refractivity (Wildman–Crippen MR) is 157 cm³/mol. The number of benzene rings is 1. The third kappa shape index (κ3) is 6.58. The number of Topliss-reactive ketones (excluding diaryl/α,β-unsaturated/α-hetero) is 1. The van der Waals surface area contributed by atoms with Gasteiger partial charge in [-0.15, -0.1) is 11.3 Å². The lowest BCUT2D eigenvalue weighted by molar-refractivity contribution is 0.0943. The summed E-state index contributed by atoms with van der Waals surface area (Å²) in [5.41, 5.74) is 1.99. The number of carbonyl (C=O) groups is 2. The SMILES string of the molecule is Cc1cc(N2C[C@H](CCC(=O)c3ccc(Cl)s3)OC2=O)ccc1-n1cccc(OCCN2CCN(C)CC2)c1=O. The standard InChI is InChI=1S/C29H33ClN4O5S/c1-20-18-21(34-19-22(39-29(34)37)6-8-24(35)26-9-10-27(30)40-26)5-7-23(20)33-11-3-4-25(28(33)36)38-17-16-32-14-12-31(2)13-15-32/h3-5,7,9-11,18,22H,6,8,12-17,19H2,1-2H3/t22-/m0/s1. The predicted octanol–water partition coefficient (Wildman–Crippen LogP) is 4.48. The molecule has 11 heteroatoms. The first-order chi connectivity index (χ1) is 19.3. The maximum atomic E-state index is 13.2. The van der Waals surface area contributed by atoms with Gasteiger partial charge in [0.25, 0.3) is 5.56 Å². The van der Waals surface area contributed by atoms with E-state index in [0.29, 0.717) is 45.9 Å². The Labute approximate surface area is 242 Å². The van der Waals surface area contributed by atoms with Gasteiger partial charge >= 0.3 is 6.09 Å². The number of aryl methyl sites for hydroxylation is 1. The lowest BCUT2D eigenvalue weighted by Gasteiger charge is -2.32. The van der Waals surface area contributed by atoms with Crippen LogP contribution in [-0.2, 0) is 4.74 Å². The number of thiophene rings is 1. The largest absolute Gasteiger partial charge is 0.487 e. The molecule has 0 unspecified atom stereocenters. The Morgan fingerprint density at radius 3 is 2.65 bits per heavy atom. The van der Waals surface area contributed by atoms with Crippen LogP contribution in [0.15, 0.2) is 53.5 Å². The molecule has 0 radical (unpaired) electrons. The molecular formula is C29H33ClN4O5S. The summed E-state index contributed by atoms with van der Waals surface area (Å²) in [7, 11) is 2.12. The second kappa shape index (κ2) is 12.6. The molecule has 0 bridgehead atoms. The Balaban J connectivity index is 1.20. The number of hydrogen-bond acceptors (Lipinski definition) is 8. The molecule has 0 N–H and O–H groups in total. The molecule has 2 fully saturated rings. The number of anilines is 1. The van der Waals surface area contributed by atoms with Crippen LogP contribution in [0.3, 0.4) is 0 Å². The van der Waals surface area contributed by atoms with Crippen molar-refractivity contribution >= 4 is 40.5 Å². The summed E-state index contributed by atoms with van der Waals surface area (Å²) in [6.45, 7) is 7.55. The fourth-order valence-electron chi connectivity index (χ4n) is 4.97. The molecule has 40 heavy (non-hydrogen) atoms. The highest BCUT2D eigenvalue weighted by Gasteiger charge is 2.33. The van der Waals surface area contributed by atoms with Crippen LogP contribution in [0.1, 0.15) is 28.1 Å². The monoisotopic (exact) mass is 584 g/mol. The molecule has 1 atom stereocenters. The molecule has 3 aromatic rings. The van der Waals surface area contributed by atoms with Gasteiger partial charge in [-0.05, 0) is 68.4 Å². The van der Waals surface area contributed by atoms with Gasteiger partial charge in [0, 0.05) is 51.0 Å². The number of carbonyl (C=O) groups excluding carboxylic acids is 2. The number of piperazine rings is 1. The van der Waals surface area contributed by atoms with E-state index < -0.39 is 6.09 Å². The van der Waals surface area contributed by atoms with Gasteiger partial charge in [-0.1, -0.05) is 11.6 Å². The molecule has 5 rings (SSSR count). The highest BCUT2D eigenvalue weighted by Crippen LogP contribution is 2.28. The lowest BCUT2D eigenvalue weighted by Crippen LogP contribution is -2.45. The number of pyridine rings is 1. The summed E-state index contributed by atoms with van der Waals surface area (Å²) in [4.78, 5) is 45.1. The van der Waals surface area contributed by atoms with Gasteiger partial charge in [-0.3, -0.25) is 24.0 Å². The van der Waals surface area contributed by atoms with Crippen molar-refractivity contribution in [3.05, 3.63) is 73.8 Å². The molecule has 2 saturated heterocycles. The van der Waals surface area contributed by atoms with E-state index in [1.54, 1.807) is 46.0 Å². The van der Waals surface area contributed by atoms with Gasteiger partial charge in [0.05, 0.1) is 21.4 Å².